The zero-order valence-corrected chi connectivity index (χ0v) is 28.3. The molecule has 242 valence electrons. The lowest BCUT2D eigenvalue weighted by molar-refractivity contribution is -0.174. The molecular weight excluding hydrogens is 572 g/mol. The van der Waals surface area contributed by atoms with E-state index in [1.165, 1.54) is 0 Å². The van der Waals surface area contributed by atoms with Crippen LogP contribution < -0.4 is 5.32 Å². The van der Waals surface area contributed by atoms with Gasteiger partial charge in [0, 0.05) is 53.0 Å². The van der Waals surface area contributed by atoms with Crippen LogP contribution in [-0.2, 0) is 4.74 Å². The normalized spacial score (nSPS) is 40.3. The van der Waals surface area contributed by atoms with Gasteiger partial charge in [0.05, 0.1) is 23.1 Å². The standard InChI is InChI=1S/C36H52N2O5S/c1-23(2)37-31(41)38(18-7-19-43-6)22-35(42)15-12-29-33(35,5)14-11-28-32(4)13-10-25(39)20-34(32)16-17-36(28,29)26(21-34)30(40)27-9-8-24(3)44-27/h8-9,16-17,21,23,25,28-29,39,42H,7,10-15,18-20,22H2,1-6H3,(H,37,41). The van der Waals surface area contributed by atoms with Gasteiger partial charge in [0.1, 0.15) is 0 Å². The number of nitrogens with zero attached hydrogens (tertiary/aromatic N) is 1. The molecule has 2 bridgehead atoms. The largest absolute Gasteiger partial charge is 0.393 e. The van der Waals surface area contributed by atoms with Crippen molar-refractivity contribution in [1.82, 2.24) is 10.2 Å². The van der Waals surface area contributed by atoms with Crippen LogP contribution in [0.5, 0.6) is 0 Å². The van der Waals surface area contributed by atoms with Crippen molar-refractivity contribution in [1.29, 1.82) is 0 Å². The summed E-state index contributed by atoms with van der Waals surface area (Å²) in [5.74, 6) is 0.415. The molecule has 0 aliphatic heterocycles. The van der Waals surface area contributed by atoms with Gasteiger partial charge in [-0.3, -0.25) is 4.79 Å². The quantitative estimate of drug-likeness (QED) is 0.171. The van der Waals surface area contributed by atoms with Gasteiger partial charge in [0.15, 0.2) is 5.78 Å². The van der Waals surface area contributed by atoms with E-state index in [-0.39, 0.29) is 53.2 Å². The molecule has 6 aliphatic carbocycles. The Hall–Kier alpha value is -2.00. The van der Waals surface area contributed by atoms with Crippen LogP contribution in [0.2, 0.25) is 0 Å². The number of aliphatic hydroxyl groups excluding tert-OH is 1. The van der Waals surface area contributed by atoms with Crippen LogP contribution in [0.3, 0.4) is 0 Å². The van der Waals surface area contributed by atoms with Gasteiger partial charge >= 0.3 is 6.03 Å². The lowest BCUT2D eigenvalue weighted by Gasteiger charge is -2.71. The van der Waals surface area contributed by atoms with Gasteiger partial charge in [-0.15, -0.1) is 11.3 Å². The summed E-state index contributed by atoms with van der Waals surface area (Å²) in [7, 11) is 1.67. The number of aliphatic hydroxyl groups is 2. The smallest absolute Gasteiger partial charge is 0.317 e. The van der Waals surface area contributed by atoms with Crippen LogP contribution in [0.1, 0.15) is 93.6 Å². The highest BCUT2D eigenvalue weighted by Crippen LogP contribution is 2.78. The van der Waals surface area contributed by atoms with E-state index in [9.17, 15) is 19.8 Å². The van der Waals surface area contributed by atoms with Gasteiger partial charge in [0.25, 0.3) is 0 Å². The fourth-order valence-electron chi connectivity index (χ4n) is 10.6. The molecule has 8 atom stereocenters. The summed E-state index contributed by atoms with van der Waals surface area (Å²) in [5, 5.41) is 26.7. The number of ketones is 1. The van der Waals surface area contributed by atoms with Crippen molar-refractivity contribution in [3.8, 4) is 0 Å². The summed E-state index contributed by atoms with van der Waals surface area (Å²) >= 11 is 1.55. The number of hydrogen-bond acceptors (Lipinski definition) is 6. The van der Waals surface area contributed by atoms with Crippen molar-refractivity contribution >= 4 is 23.2 Å². The molecule has 7 rings (SSSR count). The molecule has 2 spiro atoms. The summed E-state index contributed by atoms with van der Waals surface area (Å²) in [6, 6.07) is 3.83. The van der Waals surface area contributed by atoms with E-state index in [0.29, 0.717) is 32.4 Å². The maximum atomic E-state index is 14.6. The average molecular weight is 625 g/mol. The van der Waals surface area contributed by atoms with Crippen LogP contribution >= 0.6 is 11.3 Å². The molecule has 0 radical (unpaired) electrons. The Kier molecular flexibility index (Phi) is 8.04. The molecule has 0 aromatic carbocycles. The first-order valence-electron chi connectivity index (χ1n) is 16.7. The molecule has 3 N–H and O–H groups in total. The molecular formula is C36H52N2O5S. The first-order chi connectivity index (χ1) is 20.8. The molecule has 8 unspecified atom stereocenters. The van der Waals surface area contributed by atoms with Crippen molar-refractivity contribution in [3.63, 3.8) is 0 Å². The number of Topliss-reactive ketones (excluding diaryl/α,β-unsaturated/α-hetero) is 1. The predicted octanol–water partition coefficient (Wildman–Crippen LogP) is 6.29. The number of fused-ring (bicyclic) bond motifs is 1. The van der Waals surface area contributed by atoms with Crippen LogP contribution in [0.15, 0.2) is 35.9 Å². The zero-order chi connectivity index (χ0) is 31.7. The second-order valence-electron chi connectivity index (χ2n) is 15.4. The summed E-state index contributed by atoms with van der Waals surface area (Å²) in [6.45, 7) is 11.9. The summed E-state index contributed by atoms with van der Waals surface area (Å²) in [6.07, 6.45) is 12.8. The number of ether oxygens (including phenoxy) is 1. The number of urea groups is 1. The number of aryl methyl sites for hydroxylation is 1. The predicted molar refractivity (Wildman–Crippen MR) is 174 cm³/mol. The molecule has 1 heterocycles. The minimum absolute atomic E-state index is 0.00691. The van der Waals surface area contributed by atoms with E-state index in [4.69, 9.17) is 4.74 Å². The van der Waals surface area contributed by atoms with Crippen LogP contribution in [0.4, 0.5) is 4.79 Å². The maximum absolute atomic E-state index is 14.6. The van der Waals surface area contributed by atoms with E-state index < -0.39 is 16.4 Å². The van der Waals surface area contributed by atoms with E-state index >= 15 is 0 Å². The summed E-state index contributed by atoms with van der Waals surface area (Å²) < 4.78 is 5.29. The number of amides is 2. The van der Waals surface area contributed by atoms with Gasteiger partial charge in [-0.05, 0) is 102 Å². The molecule has 3 fully saturated rings. The Bertz CT molecular complexity index is 1370. The van der Waals surface area contributed by atoms with Crippen molar-refractivity contribution in [3.05, 3.63) is 45.7 Å². The zero-order valence-electron chi connectivity index (χ0n) is 27.4. The molecule has 6 aliphatic rings. The minimum atomic E-state index is -1.09. The maximum Gasteiger partial charge on any atom is 0.317 e. The third-order valence-electron chi connectivity index (χ3n) is 12.8. The molecule has 7 nitrogen and oxygen atoms in total. The molecule has 1 aromatic rings. The Morgan fingerprint density at radius 3 is 2.48 bits per heavy atom. The molecule has 3 saturated carbocycles. The number of nitrogens with one attached hydrogen (secondary N) is 1. The monoisotopic (exact) mass is 624 g/mol. The Labute approximate surface area is 267 Å². The van der Waals surface area contributed by atoms with E-state index in [1.807, 2.05) is 32.9 Å². The molecule has 0 saturated heterocycles. The van der Waals surface area contributed by atoms with Crippen molar-refractivity contribution < 1.29 is 24.5 Å². The van der Waals surface area contributed by atoms with Gasteiger partial charge < -0.3 is 25.2 Å². The summed E-state index contributed by atoms with van der Waals surface area (Å²) in [4.78, 5) is 31.7. The topological polar surface area (TPSA) is 99.1 Å². The van der Waals surface area contributed by atoms with Crippen LogP contribution in [0, 0.1) is 40.4 Å². The van der Waals surface area contributed by atoms with Crippen LogP contribution in [-0.4, -0.2) is 71.5 Å². The van der Waals surface area contributed by atoms with Gasteiger partial charge in [-0.2, -0.15) is 0 Å². The number of allylic oxidation sites excluding steroid dienone is 4. The number of thiophene rings is 1. The van der Waals surface area contributed by atoms with Crippen molar-refractivity contribution in [2.75, 3.05) is 26.8 Å². The molecule has 44 heavy (non-hydrogen) atoms. The highest BCUT2D eigenvalue weighted by Gasteiger charge is 2.74. The highest BCUT2D eigenvalue weighted by molar-refractivity contribution is 7.14. The number of methoxy groups -OCH3 is 1. The molecule has 8 heteroatoms. The van der Waals surface area contributed by atoms with Gasteiger partial charge in [-0.25, -0.2) is 4.79 Å². The second kappa shape index (κ2) is 11.1. The second-order valence-corrected chi connectivity index (χ2v) is 16.7. The van der Waals surface area contributed by atoms with E-state index in [2.05, 4.69) is 37.4 Å². The number of hydrogen-bond donors (Lipinski definition) is 3. The first kappa shape index (κ1) is 32.0. The summed E-state index contributed by atoms with van der Waals surface area (Å²) in [5.41, 5.74) is -1.60. The lowest BCUT2D eigenvalue weighted by Crippen LogP contribution is -2.67. The number of carbonyl (C=O) groups is 2. The first-order valence-corrected chi connectivity index (χ1v) is 17.6. The highest BCUT2D eigenvalue weighted by atomic mass is 32.1. The Balaban J connectivity index is 1.42. The number of carbonyl (C=O) groups excluding carboxylic acids is 2. The van der Waals surface area contributed by atoms with E-state index in [0.717, 1.165) is 47.4 Å². The van der Waals surface area contributed by atoms with E-state index in [1.54, 1.807) is 23.3 Å². The van der Waals surface area contributed by atoms with Crippen LogP contribution in [0.25, 0.3) is 0 Å². The average Bonchev–Trinajstić information content (AvgIpc) is 3.52. The Morgan fingerprint density at radius 1 is 1.09 bits per heavy atom. The number of rotatable bonds is 9. The van der Waals surface area contributed by atoms with Crippen molar-refractivity contribution in [2.24, 2.45) is 33.5 Å². The SMILES string of the molecule is COCCCN(CC1(O)CCC2C34C=CC5(C=C3C(=O)c3ccc(C)s3)CC(O)CCC5(C)C4CCC21C)C(=O)NC(C)C. The fourth-order valence-corrected chi connectivity index (χ4v) is 11.4. The lowest BCUT2D eigenvalue weighted by atomic mass is 9.32. The molecule has 2 amide bonds. The third-order valence-corrected chi connectivity index (χ3v) is 13.8. The minimum Gasteiger partial charge on any atom is -0.393 e. The fraction of sp³-hybridized carbons (Fsp3) is 0.722. The molecule has 1 aromatic heterocycles. The van der Waals surface area contributed by atoms with Crippen molar-refractivity contribution in [2.45, 2.75) is 104 Å². The third kappa shape index (κ3) is 4.52. The van der Waals surface area contributed by atoms with Gasteiger partial charge in [0.2, 0.25) is 0 Å². The Morgan fingerprint density at radius 2 is 1.80 bits per heavy atom. The van der Waals surface area contributed by atoms with Gasteiger partial charge in [-0.1, -0.05) is 32.1 Å².